The number of methoxy groups -OCH3 is 2. The number of benzene rings is 1. The van der Waals surface area contributed by atoms with Gasteiger partial charge in [-0.25, -0.2) is 16.8 Å². The maximum Gasteiger partial charge on any atom is 0.251 e. The minimum absolute atomic E-state index is 0.0264. The first-order valence-corrected chi connectivity index (χ1v) is 15.0. The van der Waals surface area contributed by atoms with E-state index in [1.807, 2.05) is 0 Å². The molecule has 0 saturated heterocycles. The van der Waals surface area contributed by atoms with Crippen LogP contribution in [-0.2, 0) is 24.8 Å². The van der Waals surface area contributed by atoms with E-state index in [0.29, 0.717) is 55.2 Å². The fourth-order valence-corrected chi connectivity index (χ4v) is 7.30. The lowest BCUT2D eigenvalue weighted by molar-refractivity contribution is 0.277. The first-order valence-electron chi connectivity index (χ1n) is 12.1. The lowest BCUT2D eigenvalue weighted by Gasteiger charge is -2.23. The fraction of sp³-hybridized carbons (Fsp3) is 0.500. The molecule has 0 radical (unpaired) electrons. The van der Waals surface area contributed by atoms with Gasteiger partial charge in [-0.3, -0.25) is 0 Å². The minimum atomic E-state index is -3.74. The highest BCUT2D eigenvalue weighted by atomic mass is 32.2. The molecule has 0 N–H and O–H groups in total. The largest absolute Gasteiger partial charge is 0.500 e. The predicted octanol–water partition coefficient (Wildman–Crippen LogP) is 3.48. The van der Waals surface area contributed by atoms with E-state index in [1.54, 1.807) is 27.7 Å². The molecule has 0 bridgehead atoms. The van der Waals surface area contributed by atoms with Crippen LogP contribution in [0.15, 0.2) is 44.3 Å². The third-order valence-electron chi connectivity index (χ3n) is 6.23. The SMILES string of the molecule is CCN(CC)S(=O)(=O)C1=CC(c2nnc(-c3cc(S(=O)(=O)N(CC)CC)ccc3OC)o2)=C(OC)CC1. The quantitative estimate of drug-likeness (QED) is 0.387. The summed E-state index contributed by atoms with van der Waals surface area (Å²) in [5.41, 5.74) is 0.661. The molecule has 1 aliphatic carbocycles. The van der Waals surface area contributed by atoms with Crippen LogP contribution in [0.3, 0.4) is 0 Å². The summed E-state index contributed by atoms with van der Waals surface area (Å²) in [7, 11) is -4.46. The molecule has 1 aromatic heterocycles. The molecule has 0 spiro atoms. The maximum atomic E-state index is 13.1. The summed E-state index contributed by atoms with van der Waals surface area (Å²) in [5, 5.41) is 8.25. The molecule has 1 aliphatic rings. The van der Waals surface area contributed by atoms with Gasteiger partial charge in [0.25, 0.3) is 11.8 Å². The zero-order valence-electron chi connectivity index (χ0n) is 22.0. The first-order chi connectivity index (χ1) is 17.6. The van der Waals surface area contributed by atoms with Crippen molar-refractivity contribution in [2.75, 3.05) is 40.4 Å². The second-order valence-electron chi connectivity index (χ2n) is 8.10. The number of nitrogens with zero attached hydrogens (tertiary/aromatic N) is 4. The molecule has 0 fully saturated rings. The van der Waals surface area contributed by atoms with Gasteiger partial charge in [-0.2, -0.15) is 8.61 Å². The van der Waals surface area contributed by atoms with Gasteiger partial charge in [0, 0.05) is 32.6 Å². The van der Waals surface area contributed by atoms with Crippen molar-refractivity contribution in [1.82, 2.24) is 18.8 Å². The number of hydrogen-bond donors (Lipinski definition) is 0. The van der Waals surface area contributed by atoms with Crippen molar-refractivity contribution >= 4 is 25.6 Å². The molecule has 1 heterocycles. The molecule has 0 atom stereocenters. The van der Waals surface area contributed by atoms with Gasteiger partial charge in [0.15, 0.2) is 0 Å². The Kier molecular flexibility index (Phi) is 9.16. The summed E-state index contributed by atoms with van der Waals surface area (Å²) < 4.78 is 72.0. The average Bonchev–Trinajstić information content (AvgIpc) is 3.39. The lowest BCUT2D eigenvalue weighted by Crippen LogP contribution is -2.32. The Bertz CT molecular complexity index is 1390. The number of ether oxygens (including phenoxy) is 2. The Morgan fingerprint density at radius 2 is 1.43 bits per heavy atom. The smallest absolute Gasteiger partial charge is 0.251 e. The van der Waals surface area contributed by atoms with Gasteiger partial charge in [0.2, 0.25) is 20.0 Å². The van der Waals surface area contributed by atoms with Crippen LogP contribution in [0.25, 0.3) is 17.0 Å². The number of allylic oxidation sites excluding steroid dienone is 4. The predicted molar refractivity (Wildman–Crippen MR) is 139 cm³/mol. The molecule has 0 aliphatic heterocycles. The van der Waals surface area contributed by atoms with Crippen LogP contribution < -0.4 is 4.74 Å². The Labute approximate surface area is 218 Å². The van der Waals surface area contributed by atoms with E-state index in [-0.39, 0.29) is 28.0 Å². The van der Waals surface area contributed by atoms with Crippen molar-refractivity contribution in [1.29, 1.82) is 0 Å². The highest BCUT2D eigenvalue weighted by molar-refractivity contribution is 7.93. The summed E-state index contributed by atoms with van der Waals surface area (Å²) in [6, 6.07) is 4.43. The van der Waals surface area contributed by atoms with E-state index in [4.69, 9.17) is 13.9 Å². The van der Waals surface area contributed by atoms with E-state index >= 15 is 0 Å². The molecule has 13 heteroatoms. The average molecular weight is 555 g/mol. The van der Waals surface area contributed by atoms with Gasteiger partial charge >= 0.3 is 0 Å². The van der Waals surface area contributed by atoms with E-state index in [2.05, 4.69) is 10.2 Å². The minimum Gasteiger partial charge on any atom is -0.500 e. The van der Waals surface area contributed by atoms with E-state index in [0.717, 1.165) is 0 Å². The summed E-state index contributed by atoms with van der Waals surface area (Å²) >= 11 is 0. The second-order valence-corrected chi connectivity index (χ2v) is 12.0. The van der Waals surface area contributed by atoms with Crippen molar-refractivity contribution in [3.05, 3.63) is 40.8 Å². The molecule has 2 aromatic rings. The standard InChI is InChI=1S/C24H34N4O7S2/c1-7-27(8-2)36(29,30)17-11-13-21(33-5)19(15-17)23-25-26-24(35-23)20-16-18(12-14-22(20)34-6)37(31,32)28(9-3)10-4/h11,13,15-16H,7-10,12,14H2,1-6H3. The van der Waals surface area contributed by atoms with E-state index in [9.17, 15) is 16.8 Å². The monoisotopic (exact) mass is 554 g/mol. The highest BCUT2D eigenvalue weighted by Crippen LogP contribution is 2.37. The first kappa shape index (κ1) is 28.8. The molecule has 1 aromatic carbocycles. The van der Waals surface area contributed by atoms with E-state index < -0.39 is 20.0 Å². The van der Waals surface area contributed by atoms with Gasteiger partial charge < -0.3 is 13.9 Å². The van der Waals surface area contributed by atoms with Crippen LogP contribution in [0, 0.1) is 0 Å². The Hall–Kier alpha value is -2.74. The fourth-order valence-electron chi connectivity index (χ4n) is 4.18. The van der Waals surface area contributed by atoms with Crippen LogP contribution in [0.2, 0.25) is 0 Å². The van der Waals surface area contributed by atoms with Crippen LogP contribution >= 0.6 is 0 Å². The number of hydrogen-bond acceptors (Lipinski definition) is 9. The van der Waals surface area contributed by atoms with Crippen molar-refractivity contribution in [3.8, 4) is 17.2 Å². The molecule has 0 saturated carbocycles. The van der Waals surface area contributed by atoms with Gasteiger partial charge in [0.05, 0.1) is 35.2 Å². The summed E-state index contributed by atoms with van der Waals surface area (Å²) in [6.07, 6.45) is 2.13. The van der Waals surface area contributed by atoms with Crippen molar-refractivity contribution < 1.29 is 30.7 Å². The molecule has 3 rings (SSSR count). The van der Waals surface area contributed by atoms with Crippen LogP contribution in [-0.4, -0.2) is 76.0 Å². The second kappa shape index (κ2) is 11.8. The molecular formula is C24H34N4O7S2. The molecule has 11 nitrogen and oxygen atoms in total. The number of rotatable bonds is 12. The Morgan fingerprint density at radius 1 is 0.838 bits per heavy atom. The summed E-state index contributed by atoms with van der Waals surface area (Å²) in [6.45, 7) is 8.45. The van der Waals surface area contributed by atoms with Crippen LogP contribution in [0.1, 0.15) is 46.4 Å². The molecule has 204 valence electrons. The number of aromatic nitrogens is 2. The van der Waals surface area contributed by atoms with Crippen LogP contribution in [0.4, 0.5) is 0 Å². The summed E-state index contributed by atoms with van der Waals surface area (Å²) in [5.74, 6) is 0.938. The topological polar surface area (TPSA) is 132 Å². The molecule has 0 unspecified atom stereocenters. The van der Waals surface area contributed by atoms with Crippen molar-refractivity contribution in [3.63, 3.8) is 0 Å². The molecule has 37 heavy (non-hydrogen) atoms. The van der Waals surface area contributed by atoms with Crippen molar-refractivity contribution in [2.24, 2.45) is 0 Å². The third kappa shape index (κ3) is 5.59. The lowest BCUT2D eigenvalue weighted by atomic mass is 10.0. The Balaban J connectivity index is 2.09. The van der Waals surface area contributed by atoms with Gasteiger partial charge in [0.1, 0.15) is 11.5 Å². The van der Waals surface area contributed by atoms with Crippen LogP contribution in [0.5, 0.6) is 5.75 Å². The van der Waals surface area contributed by atoms with Gasteiger partial charge in [-0.05, 0) is 30.7 Å². The third-order valence-corrected chi connectivity index (χ3v) is 10.5. The van der Waals surface area contributed by atoms with Gasteiger partial charge in [-0.1, -0.05) is 27.7 Å². The zero-order valence-corrected chi connectivity index (χ0v) is 23.6. The van der Waals surface area contributed by atoms with Gasteiger partial charge in [-0.15, -0.1) is 10.2 Å². The highest BCUT2D eigenvalue weighted by Gasteiger charge is 2.31. The van der Waals surface area contributed by atoms with Crippen molar-refractivity contribution in [2.45, 2.75) is 45.4 Å². The Morgan fingerprint density at radius 3 is 2.00 bits per heavy atom. The normalized spacial score (nSPS) is 14.9. The number of sulfonamides is 2. The maximum absolute atomic E-state index is 13.1. The zero-order chi connectivity index (χ0) is 27.4. The van der Waals surface area contributed by atoms with E-state index in [1.165, 1.54) is 47.1 Å². The molecular weight excluding hydrogens is 520 g/mol. The summed E-state index contributed by atoms with van der Waals surface area (Å²) in [4.78, 5) is 0.297. The molecule has 0 amide bonds.